The lowest BCUT2D eigenvalue weighted by molar-refractivity contribution is 0.0756. The molecule has 0 aliphatic carbocycles. The molecule has 0 radical (unpaired) electrons. The Hall–Kier alpha value is -2.22. The van der Waals surface area contributed by atoms with Crippen molar-refractivity contribution in [1.29, 1.82) is 0 Å². The normalized spacial score (nSPS) is 15.5. The van der Waals surface area contributed by atoms with E-state index in [2.05, 4.69) is 0 Å². The minimum absolute atomic E-state index is 0.0125. The monoisotopic (exact) mass is 347 g/mol. The predicted octanol–water partition coefficient (Wildman–Crippen LogP) is 2.05. The lowest BCUT2D eigenvalue weighted by Gasteiger charge is -2.24. The van der Waals surface area contributed by atoms with Crippen molar-refractivity contribution in [2.75, 3.05) is 31.4 Å². The van der Waals surface area contributed by atoms with E-state index >= 15 is 0 Å². The van der Waals surface area contributed by atoms with Gasteiger partial charge in [-0.05, 0) is 24.3 Å². The number of hydrogen-bond donors (Lipinski definition) is 0. The van der Waals surface area contributed by atoms with Crippen LogP contribution in [0.4, 0.5) is 5.69 Å². The molecule has 0 fully saturated rings. The summed E-state index contributed by atoms with van der Waals surface area (Å²) in [6, 6.07) is 12.9. The molecule has 1 aliphatic rings. The van der Waals surface area contributed by atoms with Gasteiger partial charge in [-0.1, -0.05) is 24.3 Å². The van der Waals surface area contributed by atoms with Crippen molar-refractivity contribution < 1.29 is 22.7 Å². The number of carbonyl (C=O) groups is 1. The molecular formula is C17H17NO5S. The van der Waals surface area contributed by atoms with Gasteiger partial charge in [0.2, 0.25) is 0 Å². The first kappa shape index (κ1) is 16.6. The van der Waals surface area contributed by atoms with Gasteiger partial charge in [-0.3, -0.25) is 4.79 Å². The van der Waals surface area contributed by atoms with Crippen LogP contribution in [0.1, 0.15) is 15.9 Å². The smallest absolute Gasteiger partial charge is 0.267 e. The Morgan fingerprint density at radius 1 is 0.958 bits per heavy atom. The average molecular weight is 347 g/mol. The molecule has 0 amide bonds. The summed E-state index contributed by atoms with van der Waals surface area (Å²) in [4.78, 5) is 12.8. The molecule has 0 unspecified atom stereocenters. The molecule has 1 heterocycles. The van der Waals surface area contributed by atoms with Crippen LogP contribution in [0.25, 0.3) is 0 Å². The zero-order chi connectivity index (χ0) is 17.2. The number of ether oxygens (including phenoxy) is 2. The maximum absolute atomic E-state index is 13.1. The zero-order valence-corrected chi connectivity index (χ0v) is 14.0. The first-order valence-electron chi connectivity index (χ1n) is 7.39. The van der Waals surface area contributed by atoms with Crippen molar-refractivity contribution >= 4 is 21.5 Å². The van der Waals surface area contributed by atoms with Crippen LogP contribution in [0.2, 0.25) is 0 Å². The first-order valence-corrected chi connectivity index (χ1v) is 8.83. The molecule has 126 valence electrons. The molecular weight excluding hydrogens is 330 g/mol. The number of methoxy groups -OCH3 is 1. The van der Waals surface area contributed by atoms with Crippen LogP contribution in [-0.4, -0.2) is 41.3 Å². The fourth-order valence-electron chi connectivity index (χ4n) is 2.58. The van der Waals surface area contributed by atoms with Gasteiger partial charge in [-0.25, -0.2) is 12.7 Å². The van der Waals surface area contributed by atoms with Crippen molar-refractivity contribution in [3.63, 3.8) is 0 Å². The molecule has 3 rings (SSSR count). The van der Waals surface area contributed by atoms with E-state index in [4.69, 9.17) is 9.47 Å². The lowest BCUT2D eigenvalue weighted by atomic mass is 10.0. The number of hydrogen-bond acceptors (Lipinski definition) is 5. The van der Waals surface area contributed by atoms with E-state index in [1.165, 1.54) is 19.2 Å². The van der Waals surface area contributed by atoms with Crippen LogP contribution in [0.3, 0.4) is 0 Å². The summed E-state index contributed by atoms with van der Waals surface area (Å²) in [6.07, 6.45) is 0. The van der Waals surface area contributed by atoms with Gasteiger partial charge in [-0.2, -0.15) is 0 Å². The summed E-state index contributed by atoms with van der Waals surface area (Å²) >= 11 is 0. The fourth-order valence-corrected chi connectivity index (χ4v) is 4.14. The lowest BCUT2D eigenvalue weighted by Crippen LogP contribution is -2.33. The van der Waals surface area contributed by atoms with Gasteiger partial charge in [-0.15, -0.1) is 0 Å². The van der Waals surface area contributed by atoms with E-state index in [9.17, 15) is 13.2 Å². The van der Waals surface area contributed by atoms with E-state index in [-0.39, 0.29) is 29.6 Å². The van der Waals surface area contributed by atoms with Gasteiger partial charge in [0, 0.05) is 18.2 Å². The maximum Gasteiger partial charge on any atom is 0.267 e. The van der Waals surface area contributed by atoms with Crippen molar-refractivity contribution in [1.82, 2.24) is 0 Å². The van der Waals surface area contributed by atoms with Gasteiger partial charge in [0.15, 0.2) is 5.78 Å². The number of anilines is 1. The summed E-state index contributed by atoms with van der Waals surface area (Å²) in [7, 11) is -2.37. The minimum Gasteiger partial charge on any atom is -0.382 e. The van der Waals surface area contributed by atoms with Crippen LogP contribution in [0.15, 0.2) is 53.4 Å². The van der Waals surface area contributed by atoms with E-state index in [0.717, 1.165) is 4.31 Å². The topological polar surface area (TPSA) is 72.9 Å². The molecule has 0 spiro atoms. The number of nitrogens with zero attached hydrogens (tertiary/aromatic N) is 1. The van der Waals surface area contributed by atoms with Crippen LogP contribution in [-0.2, 0) is 19.5 Å². The number of ketones is 1. The molecule has 0 aromatic heterocycles. The average Bonchev–Trinajstić information content (AvgIpc) is 2.67. The molecule has 2 aromatic carbocycles. The molecule has 24 heavy (non-hydrogen) atoms. The van der Waals surface area contributed by atoms with E-state index in [1.807, 2.05) is 0 Å². The van der Waals surface area contributed by atoms with Gasteiger partial charge >= 0.3 is 0 Å². The zero-order valence-electron chi connectivity index (χ0n) is 13.1. The molecule has 7 heteroatoms. The summed E-state index contributed by atoms with van der Waals surface area (Å²) in [5.74, 6) is -0.316. The molecule has 0 saturated heterocycles. The Bertz CT molecular complexity index is 863. The van der Waals surface area contributed by atoms with Crippen molar-refractivity contribution in [2.45, 2.75) is 4.90 Å². The largest absolute Gasteiger partial charge is 0.382 e. The summed E-state index contributed by atoms with van der Waals surface area (Å²) in [5, 5.41) is 0. The van der Waals surface area contributed by atoms with Gasteiger partial charge in [0.05, 0.1) is 23.8 Å². The summed E-state index contributed by atoms with van der Waals surface area (Å²) in [6.45, 7) is 0.412. The van der Waals surface area contributed by atoms with Crippen molar-refractivity contribution in [2.24, 2.45) is 0 Å². The van der Waals surface area contributed by atoms with Crippen molar-refractivity contribution in [3.05, 3.63) is 59.7 Å². The van der Waals surface area contributed by atoms with Crippen LogP contribution in [0.5, 0.6) is 0 Å². The van der Waals surface area contributed by atoms with Gasteiger partial charge < -0.3 is 9.47 Å². The molecule has 0 saturated carbocycles. The van der Waals surface area contributed by atoms with Crippen molar-refractivity contribution in [3.8, 4) is 0 Å². The van der Waals surface area contributed by atoms with E-state index in [1.54, 1.807) is 36.4 Å². The van der Waals surface area contributed by atoms with Gasteiger partial charge in [0.1, 0.15) is 6.73 Å². The Kier molecular flexibility index (Phi) is 4.66. The molecule has 0 bridgehead atoms. The number of para-hydroxylation sites is 1. The van der Waals surface area contributed by atoms with Gasteiger partial charge in [0.25, 0.3) is 10.0 Å². The highest BCUT2D eigenvalue weighted by Gasteiger charge is 2.35. The number of benzene rings is 2. The molecule has 1 aliphatic heterocycles. The predicted molar refractivity (Wildman–Crippen MR) is 88.7 cm³/mol. The summed E-state index contributed by atoms with van der Waals surface area (Å²) in [5.41, 5.74) is 0.821. The Morgan fingerprint density at radius 2 is 1.62 bits per heavy atom. The Balaban J connectivity index is 2.13. The Morgan fingerprint density at radius 3 is 2.38 bits per heavy atom. The van der Waals surface area contributed by atoms with Crippen LogP contribution < -0.4 is 4.31 Å². The highest BCUT2D eigenvalue weighted by Crippen LogP contribution is 2.34. The third-order valence-electron chi connectivity index (χ3n) is 3.76. The summed E-state index contributed by atoms with van der Waals surface area (Å²) < 4.78 is 37.6. The second kappa shape index (κ2) is 6.72. The second-order valence-electron chi connectivity index (χ2n) is 5.23. The molecule has 2 aromatic rings. The molecule has 6 nitrogen and oxygen atoms in total. The standard InChI is InChI=1S/C17H17NO5S/c1-22-10-11-23-12-18-15-8-4-2-6-13(15)17(19)14-7-3-5-9-16(14)24(18,20)21/h2-9H,10-12H2,1H3. The third-order valence-corrected chi connectivity index (χ3v) is 5.55. The quantitative estimate of drug-likeness (QED) is 0.774. The minimum atomic E-state index is -3.91. The second-order valence-corrected chi connectivity index (χ2v) is 7.06. The molecule has 0 atom stereocenters. The SMILES string of the molecule is COCCOCN1c2ccccc2C(=O)c2ccccc2S1(=O)=O. The maximum atomic E-state index is 13.1. The van der Waals surface area contributed by atoms with E-state index < -0.39 is 10.0 Å². The number of sulfonamides is 1. The first-order chi connectivity index (χ1) is 11.6. The number of carbonyl (C=O) groups excluding carboxylic acids is 1. The highest BCUT2D eigenvalue weighted by atomic mass is 32.2. The fraction of sp³-hybridized carbons (Fsp3) is 0.235. The van der Waals surface area contributed by atoms with E-state index in [0.29, 0.717) is 17.9 Å². The van der Waals surface area contributed by atoms with Crippen LogP contribution in [0, 0.1) is 0 Å². The number of rotatable bonds is 5. The third kappa shape index (κ3) is 2.82. The van der Waals surface area contributed by atoms with Crippen LogP contribution >= 0.6 is 0 Å². The highest BCUT2D eigenvalue weighted by molar-refractivity contribution is 7.93. The molecule has 0 N–H and O–H groups in total. The Labute approximate surface area is 140 Å². The number of fused-ring (bicyclic) bond motifs is 2.